The lowest BCUT2D eigenvalue weighted by Gasteiger charge is -2.29. The van der Waals surface area contributed by atoms with E-state index in [1.807, 2.05) is 0 Å². The van der Waals surface area contributed by atoms with Gasteiger partial charge in [0.2, 0.25) is 11.8 Å². The molecule has 1 N–H and O–H groups in total. The second-order valence-corrected chi connectivity index (χ2v) is 8.58. The summed E-state index contributed by atoms with van der Waals surface area (Å²) in [6.45, 7) is 0.663. The Morgan fingerprint density at radius 2 is 1.77 bits per heavy atom. The molecule has 0 unspecified atom stereocenters. The number of hydrogen-bond donors (Lipinski definition) is 1. The van der Waals surface area contributed by atoms with Crippen LogP contribution >= 0.6 is 0 Å². The van der Waals surface area contributed by atoms with Crippen LogP contribution in [0.15, 0.2) is 53.4 Å². The molecule has 3 amide bonds. The number of amides is 3. The Kier molecular flexibility index (Phi) is 5.88. The first-order valence-corrected chi connectivity index (χ1v) is 10.5. The number of nitrogens with one attached hydrogen (secondary N) is 1. The zero-order valence-corrected chi connectivity index (χ0v) is 17.1. The second-order valence-electron chi connectivity index (χ2n) is 6.75. The van der Waals surface area contributed by atoms with Crippen LogP contribution in [-0.4, -0.2) is 55.0 Å². The zero-order chi connectivity index (χ0) is 22.1. The highest BCUT2D eigenvalue weighted by molar-refractivity contribution is 7.90. The molecule has 0 aliphatic carbocycles. The molecule has 2 aromatic carbocycles. The number of hydrogen-bond acceptors (Lipinski definition) is 5. The smallest absolute Gasteiger partial charge is 0.269 e. The molecular formula is C20H20FN3O5S. The molecule has 1 aliphatic heterocycles. The van der Waals surface area contributed by atoms with Crippen LogP contribution in [0.1, 0.15) is 22.8 Å². The van der Waals surface area contributed by atoms with Crippen LogP contribution in [0.25, 0.3) is 0 Å². The van der Waals surface area contributed by atoms with Crippen molar-refractivity contribution >= 4 is 27.7 Å². The van der Waals surface area contributed by atoms with Crippen LogP contribution in [0.4, 0.5) is 4.39 Å². The molecule has 0 radical (unpaired) electrons. The van der Waals surface area contributed by atoms with Crippen molar-refractivity contribution in [2.24, 2.45) is 0 Å². The third-order valence-corrected chi connectivity index (χ3v) is 6.66. The maximum Gasteiger partial charge on any atom is 0.269 e. The van der Waals surface area contributed by atoms with Gasteiger partial charge in [-0.3, -0.25) is 14.4 Å². The van der Waals surface area contributed by atoms with Crippen molar-refractivity contribution < 1.29 is 27.2 Å². The van der Waals surface area contributed by atoms with E-state index < -0.39 is 46.1 Å². The van der Waals surface area contributed by atoms with E-state index in [0.29, 0.717) is 9.87 Å². The maximum absolute atomic E-state index is 13.2. The van der Waals surface area contributed by atoms with Gasteiger partial charge in [0, 0.05) is 13.6 Å². The number of carbonyl (C=O) groups is 3. The zero-order valence-electron chi connectivity index (χ0n) is 16.3. The van der Waals surface area contributed by atoms with E-state index in [0.717, 1.165) is 4.90 Å². The second kappa shape index (κ2) is 8.23. The van der Waals surface area contributed by atoms with E-state index in [-0.39, 0.29) is 17.0 Å². The lowest BCUT2D eigenvalue weighted by molar-refractivity contribution is -0.140. The molecule has 30 heavy (non-hydrogen) atoms. The predicted molar refractivity (Wildman–Crippen MR) is 105 cm³/mol. The molecule has 158 valence electrons. The van der Waals surface area contributed by atoms with Crippen molar-refractivity contribution in [3.05, 3.63) is 65.5 Å². The van der Waals surface area contributed by atoms with Crippen molar-refractivity contribution in [2.75, 3.05) is 13.6 Å². The molecule has 8 nitrogen and oxygen atoms in total. The molecule has 10 heteroatoms. The average Bonchev–Trinajstić information content (AvgIpc) is 2.93. The van der Waals surface area contributed by atoms with Crippen molar-refractivity contribution in [1.29, 1.82) is 0 Å². The summed E-state index contributed by atoms with van der Waals surface area (Å²) in [6, 6.07) is 10.1. The van der Waals surface area contributed by atoms with Gasteiger partial charge in [-0.25, -0.2) is 17.1 Å². The summed E-state index contributed by atoms with van der Waals surface area (Å²) in [6.07, 6.45) is 0. The lowest BCUT2D eigenvalue weighted by atomic mass is 10.1. The predicted octanol–water partition coefficient (Wildman–Crippen LogP) is 1.13. The molecule has 2 aromatic rings. The van der Waals surface area contributed by atoms with Gasteiger partial charge in [0.25, 0.3) is 15.9 Å². The first kappa shape index (κ1) is 21.4. The number of nitrogens with zero attached hydrogens (tertiary/aromatic N) is 2. The minimum Gasteiger partial charge on any atom is -0.357 e. The highest BCUT2D eigenvalue weighted by Crippen LogP contribution is 2.30. The summed E-state index contributed by atoms with van der Waals surface area (Å²) in [7, 11) is -2.76. The SMILES string of the molecule is CNC(=O)[C@@H](C)N(Cc1ccc(F)cc1)C(=O)CN1C(=O)c2ccccc2S1(=O)=O. The summed E-state index contributed by atoms with van der Waals surface area (Å²) in [4.78, 5) is 38.7. The molecule has 0 bridgehead atoms. The Balaban J connectivity index is 1.89. The maximum atomic E-state index is 13.2. The molecule has 0 saturated carbocycles. The van der Waals surface area contributed by atoms with Crippen LogP contribution in [0, 0.1) is 5.82 Å². The Hall–Kier alpha value is -3.27. The molecule has 0 spiro atoms. The van der Waals surface area contributed by atoms with Gasteiger partial charge in [-0.15, -0.1) is 0 Å². The fourth-order valence-electron chi connectivity index (χ4n) is 3.18. The molecule has 0 aromatic heterocycles. The van der Waals surface area contributed by atoms with Gasteiger partial charge < -0.3 is 10.2 Å². The molecule has 1 heterocycles. The first-order valence-electron chi connectivity index (χ1n) is 9.08. The van der Waals surface area contributed by atoms with E-state index in [2.05, 4.69) is 5.32 Å². The lowest BCUT2D eigenvalue weighted by Crippen LogP contribution is -2.50. The number of likely N-dealkylation sites (N-methyl/N-ethyl adjacent to an activating group) is 1. The van der Waals surface area contributed by atoms with Gasteiger partial charge in [-0.05, 0) is 36.8 Å². The number of carbonyl (C=O) groups excluding carboxylic acids is 3. The fourth-order valence-corrected chi connectivity index (χ4v) is 4.70. The van der Waals surface area contributed by atoms with Gasteiger partial charge in [-0.1, -0.05) is 24.3 Å². The number of halogens is 1. The van der Waals surface area contributed by atoms with Gasteiger partial charge in [0.1, 0.15) is 23.3 Å². The van der Waals surface area contributed by atoms with Crippen LogP contribution in [0.3, 0.4) is 0 Å². The first-order chi connectivity index (χ1) is 14.2. The van der Waals surface area contributed by atoms with E-state index in [1.165, 1.54) is 62.5 Å². The van der Waals surface area contributed by atoms with Crippen LogP contribution < -0.4 is 5.32 Å². The van der Waals surface area contributed by atoms with Gasteiger partial charge >= 0.3 is 0 Å². The van der Waals surface area contributed by atoms with Gasteiger partial charge in [0.05, 0.1) is 5.56 Å². The molecule has 0 saturated heterocycles. The summed E-state index contributed by atoms with van der Waals surface area (Å²) < 4.78 is 39.1. The van der Waals surface area contributed by atoms with E-state index >= 15 is 0 Å². The Bertz CT molecular complexity index is 1100. The van der Waals surface area contributed by atoms with E-state index in [9.17, 15) is 27.2 Å². The van der Waals surface area contributed by atoms with Crippen LogP contribution in [-0.2, 0) is 26.2 Å². The largest absolute Gasteiger partial charge is 0.357 e. The molecular weight excluding hydrogens is 413 g/mol. The Labute approximate surface area is 173 Å². The average molecular weight is 433 g/mol. The summed E-state index contributed by atoms with van der Waals surface area (Å²) in [5.41, 5.74) is 0.536. The molecule has 1 aliphatic rings. The molecule has 0 fully saturated rings. The molecule has 1 atom stereocenters. The Morgan fingerprint density at radius 3 is 2.37 bits per heavy atom. The number of benzene rings is 2. The van der Waals surface area contributed by atoms with Crippen LogP contribution in [0.2, 0.25) is 0 Å². The van der Waals surface area contributed by atoms with Crippen LogP contribution in [0.5, 0.6) is 0 Å². The monoisotopic (exact) mass is 433 g/mol. The number of rotatable bonds is 6. The summed E-state index contributed by atoms with van der Waals surface area (Å²) in [5.74, 6) is -2.46. The third kappa shape index (κ3) is 3.90. The normalized spacial score (nSPS) is 15.4. The van der Waals surface area contributed by atoms with Crippen molar-refractivity contribution in [3.8, 4) is 0 Å². The van der Waals surface area contributed by atoms with Gasteiger partial charge in [-0.2, -0.15) is 0 Å². The fraction of sp³-hybridized carbons (Fsp3) is 0.250. The van der Waals surface area contributed by atoms with Crippen molar-refractivity contribution in [3.63, 3.8) is 0 Å². The van der Waals surface area contributed by atoms with Crippen molar-refractivity contribution in [1.82, 2.24) is 14.5 Å². The highest BCUT2D eigenvalue weighted by atomic mass is 32.2. The van der Waals surface area contributed by atoms with Gasteiger partial charge in [0.15, 0.2) is 0 Å². The van der Waals surface area contributed by atoms with E-state index in [1.54, 1.807) is 0 Å². The van der Waals surface area contributed by atoms with Crippen molar-refractivity contribution in [2.45, 2.75) is 24.4 Å². The van der Waals surface area contributed by atoms with E-state index in [4.69, 9.17) is 0 Å². The summed E-state index contributed by atoms with van der Waals surface area (Å²) in [5, 5.41) is 2.44. The Morgan fingerprint density at radius 1 is 1.13 bits per heavy atom. The minimum absolute atomic E-state index is 0.00488. The summed E-state index contributed by atoms with van der Waals surface area (Å²) >= 11 is 0. The minimum atomic E-state index is -4.17. The third-order valence-electron chi connectivity index (χ3n) is 4.87. The number of sulfonamides is 1. The number of fused-ring (bicyclic) bond motifs is 1. The standard InChI is InChI=1S/C20H20FN3O5S/c1-13(19(26)22-2)23(11-14-7-9-15(21)10-8-14)18(25)12-24-20(27)16-5-3-4-6-17(16)30(24,28)29/h3-10,13H,11-12H2,1-2H3,(H,22,26)/t13-/m1/s1. The molecule has 3 rings (SSSR count). The highest BCUT2D eigenvalue weighted by Gasteiger charge is 2.43. The quantitative estimate of drug-likeness (QED) is 0.736. The topological polar surface area (TPSA) is 104 Å².